The lowest BCUT2D eigenvalue weighted by Crippen LogP contribution is -2.24. The van der Waals surface area contributed by atoms with Crippen LogP contribution in [0.1, 0.15) is 31.4 Å². The SMILES string of the molecule is CC(NCCOCC1CC1)c1ccc(O)cc1F. The molecule has 0 saturated heterocycles. The molecule has 3 nitrogen and oxygen atoms in total. The van der Waals surface area contributed by atoms with Crippen molar-refractivity contribution in [3.63, 3.8) is 0 Å². The molecular weight excluding hydrogens is 233 g/mol. The van der Waals surface area contributed by atoms with E-state index in [2.05, 4.69) is 5.32 Å². The number of ether oxygens (including phenoxy) is 1. The van der Waals surface area contributed by atoms with Gasteiger partial charge < -0.3 is 15.2 Å². The molecule has 1 aliphatic carbocycles. The van der Waals surface area contributed by atoms with Crippen molar-refractivity contribution in [1.29, 1.82) is 0 Å². The van der Waals surface area contributed by atoms with Crippen LogP contribution < -0.4 is 5.32 Å². The molecule has 1 unspecified atom stereocenters. The number of halogens is 1. The summed E-state index contributed by atoms with van der Waals surface area (Å²) >= 11 is 0. The lowest BCUT2D eigenvalue weighted by molar-refractivity contribution is 0.124. The van der Waals surface area contributed by atoms with Crippen LogP contribution in [0, 0.1) is 11.7 Å². The van der Waals surface area contributed by atoms with Gasteiger partial charge in [0.1, 0.15) is 11.6 Å². The zero-order chi connectivity index (χ0) is 13.0. The number of hydrogen-bond donors (Lipinski definition) is 2. The monoisotopic (exact) mass is 253 g/mol. The zero-order valence-electron chi connectivity index (χ0n) is 10.7. The fourth-order valence-electron chi connectivity index (χ4n) is 1.86. The van der Waals surface area contributed by atoms with Crippen LogP contribution in [0.4, 0.5) is 4.39 Å². The van der Waals surface area contributed by atoms with E-state index in [0.717, 1.165) is 18.6 Å². The third-order valence-corrected chi connectivity index (χ3v) is 3.20. The summed E-state index contributed by atoms with van der Waals surface area (Å²) in [4.78, 5) is 0. The van der Waals surface area contributed by atoms with Gasteiger partial charge in [-0.25, -0.2) is 4.39 Å². The van der Waals surface area contributed by atoms with Crippen molar-refractivity contribution in [2.24, 2.45) is 5.92 Å². The van der Waals surface area contributed by atoms with Crippen molar-refractivity contribution in [3.8, 4) is 5.75 Å². The Labute approximate surface area is 107 Å². The van der Waals surface area contributed by atoms with Crippen LogP contribution in [0.15, 0.2) is 18.2 Å². The molecule has 0 aliphatic heterocycles. The van der Waals surface area contributed by atoms with E-state index in [9.17, 15) is 4.39 Å². The van der Waals surface area contributed by atoms with Crippen LogP contribution in [0.5, 0.6) is 5.75 Å². The van der Waals surface area contributed by atoms with Crippen LogP contribution >= 0.6 is 0 Å². The van der Waals surface area contributed by atoms with E-state index in [1.54, 1.807) is 6.07 Å². The zero-order valence-corrected chi connectivity index (χ0v) is 10.7. The number of nitrogens with one attached hydrogen (secondary N) is 1. The first-order valence-corrected chi connectivity index (χ1v) is 6.46. The summed E-state index contributed by atoms with van der Waals surface area (Å²) < 4.78 is 19.1. The maximum Gasteiger partial charge on any atom is 0.131 e. The first-order chi connectivity index (χ1) is 8.66. The second kappa shape index (κ2) is 6.16. The summed E-state index contributed by atoms with van der Waals surface area (Å²) in [6, 6.07) is 4.15. The maximum absolute atomic E-state index is 13.6. The maximum atomic E-state index is 13.6. The average Bonchev–Trinajstić information content (AvgIpc) is 3.12. The summed E-state index contributed by atoms with van der Waals surface area (Å²) in [5.41, 5.74) is 0.565. The number of hydrogen-bond acceptors (Lipinski definition) is 3. The number of phenolic OH excluding ortho intramolecular Hbond substituents is 1. The Hall–Kier alpha value is -1.13. The van der Waals surface area contributed by atoms with Gasteiger partial charge in [-0.1, -0.05) is 6.07 Å². The molecule has 2 rings (SSSR count). The van der Waals surface area contributed by atoms with Crippen molar-refractivity contribution in [3.05, 3.63) is 29.6 Å². The Balaban J connectivity index is 1.70. The largest absolute Gasteiger partial charge is 0.508 e. The van der Waals surface area contributed by atoms with Crippen molar-refractivity contribution >= 4 is 0 Å². The summed E-state index contributed by atoms with van der Waals surface area (Å²) in [5, 5.41) is 12.3. The third-order valence-electron chi connectivity index (χ3n) is 3.20. The Kier molecular flexibility index (Phi) is 4.55. The Morgan fingerprint density at radius 2 is 2.28 bits per heavy atom. The van der Waals surface area contributed by atoms with Crippen molar-refractivity contribution < 1.29 is 14.2 Å². The molecule has 18 heavy (non-hydrogen) atoms. The molecule has 0 aromatic heterocycles. The minimum Gasteiger partial charge on any atom is -0.508 e. The van der Waals surface area contributed by atoms with Crippen molar-refractivity contribution in [2.45, 2.75) is 25.8 Å². The van der Waals surface area contributed by atoms with E-state index in [1.165, 1.54) is 18.9 Å². The van der Waals surface area contributed by atoms with Crippen molar-refractivity contribution in [2.75, 3.05) is 19.8 Å². The lowest BCUT2D eigenvalue weighted by Gasteiger charge is -2.15. The summed E-state index contributed by atoms with van der Waals surface area (Å²) in [6.07, 6.45) is 2.59. The number of benzene rings is 1. The van der Waals surface area contributed by atoms with E-state index in [1.807, 2.05) is 6.92 Å². The van der Waals surface area contributed by atoms with E-state index in [-0.39, 0.29) is 17.6 Å². The van der Waals surface area contributed by atoms with Gasteiger partial charge in [-0.3, -0.25) is 0 Å². The second-order valence-electron chi connectivity index (χ2n) is 4.90. The Morgan fingerprint density at radius 3 is 2.94 bits per heavy atom. The minimum atomic E-state index is -0.381. The number of aromatic hydroxyl groups is 1. The highest BCUT2D eigenvalue weighted by molar-refractivity contribution is 5.29. The van der Waals surface area contributed by atoms with Crippen LogP contribution in [0.25, 0.3) is 0 Å². The topological polar surface area (TPSA) is 41.5 Å². The first kappa shape index (κ1) is 13.3. The van der Waals surface area contributed by atoms with Gasteiger partial charge in [0.15, 0.2) is 0 Å². The first-order valence-electron chi connectivity index (χ1n) is 6.46. The van der Waals surface area contributed by atoms with Crippen LogP contribution in [0.3, 0.4) is 0 Å². The minimum absolute atomic E-state index is 0.0452. The molecule has 1 aromatic rings. The molecule has 0 spiro atoms. The van der Waals surface area contributed by atoms with Gasteiger partial charge >= 0.3 is 0 Å². The molecule has 0 amide bonds. The highest BCUT2D eigenvalue weighted by Crippen LogP contribution is 2.28. The summed E-state index contributed by atoms with van der Waals surface area (Å²) in [7, 11) is 0. The molecule has 100 valence electrons. The summed E-state index contributed by atoms with van der Waals surface area (Å²) in [5.74, 6) is 0.349. The molecule has 1 saturated carbocycles. The van der Waals surface area contributed by atoms with Gasteiger partial charge in [-0.05, 0) is 31.7 Å². The van der Waals surface area contributed by atoms with Gasteiger partial charge in [-0.15, -0.1) is 0 Å². The molecule has 1 aromatic carbocycles. The molecule has 0 radical (unpaired) electrons. The van der Waals surface area contributed by atoms with Crippen molar-refractivity contribution in [1.82, 2.24) is 5.32 Å². The highest BCUT2D eigenvalue weighted by atomic mass is 19.1. The number of phenols is 1. The molecule has 1 fully saturated rings. The fourth-order valence-corrected chi connectivity index (χ4v) is 1.86. The van der Waals surface area contributed by atoms with Gasteiger partial charge in [0, 0.05) is 30.8 Å². The molecule has 1 atom stereocenters. The molecule has 0 heterocycles. The van der Waals surface area contributed by atoms with E-state index < -0.39 is 0 Å². The van der Waals surface area contributed by atoms with E-state index in [0.29, 0.717) is 18.7 Å². The predicted molar refractivity (Wildman–Crippen MR) is 68.0 cm³/mol. The van der Waals surface area contributed by atoms with Crippen LogP contribution in [-0.4, -0.2) is 24.9 Å². The Morgan fingerprint density at radius 1 is 1.50 bits per heavy atom. The standard InChI is InChI=1S/C14H20FNO2/c1-10(13-5-4-12(17)8-14(13)15)16-6-7-18-9-11-2-3-11/h4-5,8,10-11,16-17H,2-3,6-7,9H2,1H3. The Bertz CT molecular complexity index is 393. The number of rotatable bonds is 7. The molecule has 2 N–H and O–H groups in total. The third kappa shape index (κ3) is 3.96. The van der Waals surface area contributed by atoms with Gasteiger partial charge in [0.2, 0.25) is 0 Å². The van der Waals surface area contributed by atoms with Crippen LogP contribution in [0.2, 0.25) is 0 Å². The van der Waals surface area contributed by atoms with Crippen LogP contribution in [-0.2, 0) is 4.74 Å². The summed E-state index contributed by atoms with van der Waals surface area (Å²) in [6.45, 7) is 4.11. The van der Waals surface area contributed by atoms with Gasteiger partial charge in [-0.2, -0.15) is 0 Å². The quantitative estimate of drug-likeness (QED) is 0.734. The average molecular weight is 253 g/mol. The lowest BCUT2D eigenvalue weighted by atomic mass is 10.1. The second-order valence-corrected chi connectivity index (χ2v) is 4.90. The molecule has 0 bridgehead atoms. The van der Waals surface area contributed by atoms with E-state index >= 15 is 0 Å². The molecule has 4 heteroatoms. The molecular formula is C14H20FNO2. The van der Waals surface area contributed by atoms with E-state index in [4.69, 9.17) is 9.84 Å². The highest BCUT2D eigenvalue weighted by Gasteiger charge is 2.20. The van der Waals surface area contributed by atoms with Gasteiger partial charge in [0.25, 0.3) is 0 Å². The smallest absolute Gasteiger partial charge is 0.131 e. The predicted octanol–water partition coefficient (Wildman–Crippen LogP) is 2.61. The fraction of sp³-hybridized carbons (Fsp3) is 0.571. The molecule has 1 aliphatic rings. The normalized spacial score (nSPS) is 16.8. The van der Waals surface area contributed by atoms with Gasteiger partial charge in [0.05, 0.1) is 6.61 Å².